The monoisotopic (exact) mass is 312 g/mol. The van der Waals surface area contributed by atoms with E-state index in [4.69, 9.17) is 5.84 Å². The Bertz CT molecular complexity index is 646. The summed E-state index contributed by atoms with van der Waals surface area (Å²) < 4.78 is 40.4. The van der Waals surface area contributed by atoms with Crippen LogP contribution in [-0.2, 0) is 12.8 Å². The van der Waals surface area contributed by atoms with Crippen LogP contribution in [0.4, 0.5) is 13.2 Å². The summed E-state index contributed by atoms with van der Waals surface area (Å²) in [6, 6.07) is 3.48. The molecule has 1 aromatic carbocycles. The van der Waals surface area contributed by atoms with E-state index in [-0.39, 0.29) is 5.56 Å². The number of nitrogens with one attached hydrogen (secondary N) is 1. The van der Waals surface area contributed by atoms with Gasteiger partial charge in [0.1, 0.15) is 0 Å². The third kappa shape index (κ3) is 2.59. The Hall–Kier alpha value is -1.37. The van der Waals surface area contributed by atoms with Crippen molar-refractivity contribution >= 4 is 11.3 Å². The quantitative estimate of drug-likeness (QED) is 0.516. The molecule has 0 bridgehead atoms. The molecule has 1 aliphatic rings. The van der Waals surface area contributed by atoms with Crippen molar-refractivity contribution in [3.8, 4) is 0 Å². The number of halogens is 3. The van der Waals surface area contributed by atoms with Crippen molar-refractivity contribution in [3.63, 3.8) is 0 Å². The summed E-state index contributed by atoms with van der Waals surface area (Å²) in [5.74, 6) is 1.67. The number of aryl methyl sites for hydroxylation is 2. The second-order valence-corrected chi connectivity index (χ2v) is 6.34. The standard InChI is InChI=1S/C15H15F3N2S/c16-10-6-5-9(13(17)14(10)18)15(20-19)12-7-8-3-1-2-4-11(8)21-12/h5-7,15,20H,1-4,19H2. The minimum Gasteiger partial charge on any atom is -0.271 e. The van der Waals surface area contributed by atoms with Gasteiger partial charge in [0.2, 0.25) is 0 Å². The number of rotatable bonds is 3. The van der Waals surface area contributed by atoms with Crippen LogP contribution in [0.25, 0.3) is 0 Å². The van der Waals surface area contributed by atoms with Gasteiger partial charge >= 0.3 is 0 Å². The first kappa shape index (κ1) is 14.6. The Kier molecular flexibility index (Phi) is 4.01. The molecular formula is C15H15F3N2S. The SMILES string of the molecule is NNC(c1cc2c(s1)CCCC2)c1ccc(F)c(F)c1F. The van der Waals surface area contributed by atoms with E-state index in [1.165, 1.54) is 16.5 Å². The molecule has 0 fully saturated rings. The fourth-order valence-electron chi connectivity index (χ4n) is 2.74. The molecule has 1 unspecified atom stereocenters. The summed E-state index contributed by atoms with van der Waals surface area (Å²) in [6.45, 7) is 0. The van der Waals surface area contributed by atoms with Gasteiger partial charge in [0.25, 0.3) is 0 Å². The van der Waals surface area contributed by atoms with Crippen molar-refractivity contribution in [3.05, 3.63) is 56.5 Å². The third-order valence-electron chi connectivity index (χ3n) is 3.84. The smallest absolute Gasteiger partial charge is 0.194 e. The highest BCUT2D eigenvalue weighted by atomic mass is 32.1. The molecule has 0 saturated carbocycles. The lowest BCUT2D eigenvalue weighted by atomic mass is 9.97. The number of hydrazine groups is 1. The van der Waals surface area contributed by atoms with Crippen molar-refractivity contribution in [2.24, 2.45) is 5.84 Å². The van der Waals surface area contributed by atoms with Gasteiger partial charge in [-0.25, -0.2) is 18.6 Å². The molecule has 0 radical (unpaired) electrons. The number of nitrogens with two attached hydrogens (primary N) is 1. The molecule has 3 N–H and O–H groups in total. The molecule has 1 aromatic heterocycles. The molecule has 0 spiro atoms. The molecule has 3 rings (SSSR count). The second kappa shape index (κ2) is 5.79. The molecule has 0 amide bonds. The highest BCUT2D eigenvalue weighted by Gasteiger charge is 2.24. The predicted octanol–water partition coefficient (Wildman–Crippen LogP) is 3.60. The van der Waals surface area contributed by atoms with E-state index in [0.29, 0.717) is 0 Å². The highest BCUT2D eigenvalue weighted by Crippen LogP contribution is 2.36. The lowest BCUT2D eigenvalue weighted by molar-refractivity contribution is 0.434. The predicted molar refractivity (Wildman–Crippen MR) is 76.4 cm³/mol. The first-order valence-corrected chi connectivity index (χ1v) is 7.64. The molecule has 1 atom stereocenters. The van der Waals surface area contributed by atoms with E-state index in [1.807, 2.05) is 6.07 Å². The molecule has 1 heterocycles. The van der Waals surface area contributed by atoms with Crippen molar-refractivity contribution in [2.45, 2.75) is 31.7 Å². The van der Waals surface area contributed by atoms with Gasteiger partial charge in [-0.1, -0.05) is 6.07 Å². The summed E-state index contributed by atoms with van der Waals surface area (Å²) in [4.78, 5) is 2.11. The first-order valence-electron chi connectivity index (χ1n) is 6.83. The van der Waals surface area contributed by atoms with Crippen LogP contribution in [0.5, 0.6) is 0 Å². The lowest BCUT2D eigenvalue weighted by Crippen LogP contribution is -2.29. The minimum atomic E-state index is -1.46. The summed E-state index contributed by atoms with van der Waals surface area (Å²) in [6.07, 6.45) is 4.30. The van der Waals surface area contributed by atoms with Crippen LogP contribution in [0, 0.1) is 17.5 Å². The summed E-state index contributed by atoms with van der Waals surface area (Å²) in [7, 11) is 0. The maximum atomic E-state index is 14.0. The maximum absolute atomic E-state index is 14.0. The molecule has 6 heteroatoms. The molecule has 21 heavy (non-hydrogen) atoms. The summed E-state index contributed by atoms with van der Waals surface area (Å²) in [5, 5.41) is 0. The van der Waals surface area contributed by atoms with Gasteiger partial charge < -0.3 is 0 Å². The second-order valence-electron chi connectivity index (χ2n) is 5.17. The van der Waals surface area contributed by atoms with Gasteiger partial charge in [0.15, 0.2) is 17.5 Å². The van der Waals surface area contributed by atoms with Crippen molar-refractivity contribution in [1.82, 2.24) is 5.43 Å². The highest BCUT2D eigenvalue weighted by molar-refractivity contribution is 7.12. The Morgan fingerprint density at radius 2 is 1.86 bits per heavy atom. The first-order chi connectivity index (χ1) is 10.1. The van der Waals surface area contributed by atoms with Gasteiger partial charge in [0, 0.05) is 15.3 Å². The summed E-state index contributed by atoms with van der Waals surface area (Å²) >= 11 is 1.56. The van der Waals surface area contributed by atoms with Crippen LogP contribution in [0.1, 0.15) is 39.8 Å². The zero-order valence-corrected chi connectivity index (χ0v) is 12.1. The van der Waals surface area contributed by atoms with Crippen molar-refractivity contribution < 1.29 is 13.2 Å². The molecule has 0 saturated heterocycles. The van der Waals surface area contributed by atoms with Crippen LogP contribution in [0.3, 0.4) is 0 Å². The van der Waals surface area contributed by atoms with E-state index in [9.17, 15) is 13.2 Å². The average Bonchev–Trinajstić information content (AvgIpc) is 2.91. The minimum absolute atomic E-state index is 0.0231. The van der Waals surface area contributed by atoms with Gasteiger partial charge in [-0.3, -0.25) is 5.84 Å². The summed E-state index contributed by atoms with van der Waals surface area (Å²) in [5.41, 5.74) is 3.79. The van der Waals surface area contributed by atoms with Crippen molar-refractivity contribution in [1.29, 1.82) is 0 Å². The van der Waals surface area contributed by atoms with Gasteiger partial charge in [-0.15, -0.1) is 11.3 Å². The van der Waals surface area contributed by atoms with E-state index >= 15 is 0 Å². The molecule has 112 valence electrons. The fraction of sp³-hybridized carbons (Fsp3) is 0.333. The van der Waals surface area contributed by atoms with Crippen LogP contribution < -0.4 is 11.3 Å². The Labute approximate surface area is 124 Å². The zero-order chi connectivity index (χ0) is 15.0. The van der Waals surface area contributed by atoms with Crippen molar-refractivity contribution in [2.75, 3.05) is 0 Å². The van der Waals surface area contributed by atoms with E-state index < -0.39 is 23.5 Å². The van der Waals surface area contributed by atoms with E-state index in [0.717, 1.165) is 36.6 Å². The van der Waals surface area contributed by atoms with Crippen LogP contribution in [0.15, 0.2) is 18.2 Å². The average molecular weight is 312 g/mol. The van der Waals surface area contributed by atoms with Crippen LogP contribution in [-0.4, -0.2) is 0 Å². The zero-order valence-electron chi connectivity index (χ0n) is 11.3. The van der Waals surface area contributed by atoms with E-state index in [1.54, 1.807) is 11.3 Å². The Morgan fingerprint density at radius 3 is 2.57 bits per heavy atom. The molecule has 1 aliphatic carbocycles. The Balaban J connectivity index is 2.02. The fourth-order valence-corrected chi connectivity index (χ4v) is 4.08. The molecule has 2 aromatic rings. The molecular weight excluding hydrogens is 297 g/mol. The van der Waals surface area contributed by atoms with Crippen LogP contribution in [0.2, 0.25) is 0 Å². The topological polar surface area (TPSA) is 38.0 Å². The van der Waals surface area contributed by atoms with Gasteiger partial charge in [0.05, 0.1) is 6.04 Å². The van der Waals surface area contributed by atoms with Gasteiger partial charge in [-0.05, 0) is 43.4 Å². The normalized spacial score (nSPS) is 15.8. The number of hydrogen-bond donors (Lipinski definition) is 2. The number of hydrogen-bond acceptors (Lipinski definition) is 3. The van der Waals surface area contributed by atoms with Gasteiger partial charge in [-0.2, -0.15) is 0 Å². The number of thiophene rings is 1. The largest absolute Gasteiger partial charge is 0.271 e. The maximum Gasteiger partial charge on any atom is 0.194 e. The van der Waals surface area contributed by atoms with Crippen LogP contribution >= 0.6 is 11.3 Å². The molecule has 2 nitrogen and oxygen atoms in total. The Morgan fingerprint density at radius 1 is 1.10 bits per heavy atom. The number of fused-ring (bicyclic) bond motifs is 1. The number of benzene rings is 1. The van der Waals surface area contributed by atoms with E-state index in [2.05, 4.69) is 5.43 Å². The third-order valence-corrected chi connectivity index (χ3v) is 5.14. The lowest BCUT2D eigenvalue weighted by Gasteiger charge is -2.16. The molecule has 0 aliphatic heterocycles.